The Morgan fingerprint density at radius 1 is 1.06 bits per heavy atom. The predicted molar refractivity (Wildman–Crippen MR) is 154 cm³/mol. The van der Waals surface area contributed by atoms with Gasteiger partial charge in [-0.15, -0.1) is 0 Å². The van der Waals surface area contributed by atoms with Crippen LogP contribution in [0.4, 0.5) is 0 Å². The van der Waals surface area contributed by atoms with Gasteiger partial charge >= 0.3 is 0 Å². The van der Waals surface area contributed by atoms with Gasteiger partial charge in [0.25, 0.3) is 0 Å². The van der Waals surface area contributed by atoms with E-state index < -0.39 is 5.79 Å². The van der Waals surface area contributed by atoms with E-state index >= 15 is 0 Å². The van der Waals surface area contributed by atoms with Crippen LogP contribution in [0.2, 0.25) is 0 Å². The quantitative estimate of drug-likeness (QED) is 0.212. The Morgan fingerprint density at radius 3 is 1.97 bits per heavy atom. The first-order valence-electron chi connectivity index (χ1n) is 12.6. The number of allylic oxidation sites excluding steroid dienone is 4. The third kappa shape index (κ3) is 7.69. The maximum absolute atomic E-state index is 11.8. The molecular formula is C31H39ClO3S. The second-order valence-electron chi connectivity index (χ2n) is 8.69. The Labute approximate surface area is 227 Å². The number of carbonyl (C=O) groups is 1. The van der Waals surface area contributed by atoms with Gasteiger partial charge in [-0.1, -0.05) is 105 Å². The van der Waals surface area contributed by atoms with Crippen molar-refractivity contribution in [2.45, 2.75) is 57.5 Å². The summed E-state index contributed by atoms with van der Waals surface area (Å²) in [6, 6.07) is 20.5. The highest BCUT2D eigenvalue weighted by atomic mass is 35.5. The van der Waals surface area contributed by atoms with E-state index in [4.69, 9.17) is 21.1 Å². The van der Waals surface area contributed by atoms with Crippen LogP contribution in [0.1, 0.15) is 62.9 Å². The van der Waals surface area contributed by atoms with Crippen molar-refractivity contribution in [3.63, 3.8) is 0 Å². The summed E-state index contributed by atoms with van der Waals surface area (Å²) in [6.07, 6.45) is 8.99. The molecule has 1 saturated heterocycles. The zero-order chi connectivity index (χ0) is 26.6. The molecule has 2 aromatic rings. The Morgan fingerprint density at radius 2 is 1.56 bits per heavy atom. The Kier molecular flexibility index (Phi) is 12.7. The van der Waals surface area contributed by atoms with Gasteiger partial charge < -0.3 is 14.3 Å². The topological polar surface area (TPSA) is 35.5 Å². The lowest BCUT2D eigenvalue weighted by Gasteiger charge is -2.24. The molecule has 0 N–H and O–H groups in total. The van der Waals surface area contributed by atoms with E-state index in [1.807, 2.05) is 50.2 Å². The molecule has 1 saturated carbocycles. The molecule has 5 heteroatoms. The van der Waals surface area contributed by atoms with Gasteiger partial charge in [0.2, 0.25) is 0 Å². The lowest BCUT2D eigenvalue weighted by molar-refractivity contribution is -0.173. The van der Waals surface area contributed by atoms with E-state index in [9.17, 15) is 4.79 Å². The smallest absolute Gasteiger partial charge is 0.170 e. The van der Waals surface area contributed by atoms with E-state index in [0.717, 1.165) is 42.2 Å². The lowest BCUT2D eigenvalue weighted by Crippen LogP contribution is -2.27. The summed E-state index contributed by atoms with van der Waals surface area (Å²) in [6.45, 7) is 11.5. The van der Waals surface area contributed by atoms with Crippen molar-refractivity contribution in [1.82, 2.24) is 0 Å². The van der Waals surface area contributed by atoms with Crippen molar-refractivity contribution >= 4 is 30.5 Å². The first-order chi connectivity index (χ1) is 17.5. The van der Waals surface area contributed by atoms with Crippen LogP contribution in [0.5, 0.6) is 0 Å². The Balaban J connectivity index is 0.00000109. The molecule has 4 rings (SSSR count). The molecule has 194 valence electrons. The number of benzene rings is 2. The molecule has 2 fully saturated rings. The monoisotopic (exact) mass is 526 g/mol. The minimum atomic E-state index is -0.632. The SMILES string of the molecule is C=C/C(=C\C(=C)Cl)C(C=O)C[C@H]1CCC2(C1)O[C@H](c1ccccc1)[C@@H](c1ccccc1)O2.CC.CS. The highest BCUT2D eigenvalue weighted by Gasteiger charge is 2.52. The van der Waals surface area contributed by atoms with E-state index in [1.54, 1.807) is 18.4 Å². The van der Waals surface area contributed by atoms with Gasteiger partial charge in [-0.25, -0.2) is 0 Å². The molecular weight excluding hydrogens is 488 g/mol. The summed E-state index contributed by atoms with van der Waals surface area (Å²) < 4.78 is 13.4. The molecule has 1 aliphatic carbocycles. The number of hydrogen-bond donors (Lipinski definition) is 1. The zero-order valence-electron chi connectivity index (χ0n) is 21.6. The van der Waals surface area contributed by atoms with Gasteiger partial charge in [-0.05, 0) is 47.8 Å². The molecule has 1 unspecified atom stereocenters. The van der Waals surface area contributed by atoms with Crippen LogP contribution in [-0.2, 0) is 14.3 Å². The van der Waals surface area contributed by atoms with Crippen LogP contribution in [-0.4, -0.2) is 18.3 Å². The predicted octanol–water partition coefficient (Wildman–Crippen LogP) is 8.65. The zero-order valence-corrected chi connectivity index (χ0v) is 23.3. The fourth-order valence-corrected chi connectivity index (χ4v) is 5.12. The fraction of sp³-hybridized carbons (Fsp3) is 0.387. The third-order valence-electron chi connectivity index (χ3n) is 6.49. The van der Waals surface area contributed by atoms with Crippen molar-refractivity contribution in [2.24, 2.45) is 11.8 Å². The van der Waals surface area contributed by atoms with Crippen LogP contribution in [0.15, 0.2) is 96.6 Å². The van der Waals surface area contributed by atoms with Gasteiger partial charge in [0.15, 0.2) is 5.79 Å². The Bertz CT molecular complexity index is 942. The first-order valence-corrected chi connectivity index (χ1v) is 13.8. The molecule has 0 radical (unpaired) electrons. The Hall–Kier alpha value is -2.11. The van der Waals surface area contributed by atoms with Gasteiger partial charge in [-0.3, -0.25) is 0 Å². The molecule has 4 atom stereocenters. The van der Waals surface area contributed by atoms with Crippen molar-refractivity contribution in [3.8, 4) is 0 Å². The first kappa shape index (κ1) is 30.1. The highest BCUT2D eigenvalue weighted by Crippen LogP contribution is 2.55. The minimum Gasteiger partial charge on any atom is -0.339 e. The van der Waals surface area contributed by atoms with Gasteiger partial charge in [-0.2, -0.15) is 12.6 Å². The summed E-state index contributed by atoms with van der Waals surface area (Å²) in [7, 11) is 0. The number of thiol groups is 1. The fourth-order valence-electron chi connectivity index (χ4n) is 5.00. The summed E-state index contributed by atoms with van der Waals surface area (Å²) in [5.74, 6) is -0.588. The molecule has 0 amide bonds. The normalized spacial score (nSPS) is 23.0. The number of aldehydes is 1. The number of hydrogen-bond acceptors (Lipinski definition) is 4. The van der Waals surface area contributed by atoms with Crippen molar-refractivity contribution < 1.29 is 14.3 Å². The molecule has 2 aromatic carbocycles. The number of carbonyl (C=O) groups excluding carboxylic acids is 1. The van der Waals surface area contributed by atoms with Crippen LogP contribution in [0, 0.1) is 11.8 Å². The largest absolute Gasteiger partial charge is 0.339 e. The molecule has 1 heterocycles. The maximum Gasteiger partial charge on any atom is 0.170 e. The third-order valence-corrected chi connectivity index (χ3v) is 6.60. The van der Waals surface area contributed by atoms with Crippen LogP contribution < -0.4 is 0 Å². The van der Waals surface area contributed by atoms with Crippen molar-refractivity contribution in [2.75, 3.05) is 6.26 Å². The van der Waals surface area contributed by atoms with Crippen LogP contribution in [0.3, 0.4) is 0 Å². The average Bonchev–Trinajstić information content (AvgIpc) is 3.52. The van der Waals surface area contributed by atoms with Crippen LogP contribution in [0.25, 0.3) is 0 Å². The second kappa shape index (κ2) is 15.2. The van der Waals surface area contributed by atoms with E-state index in [2.05, 4.69) is 50.1 Å². The number of ether oxygens (including phenoxy) is 2. The molecule has 36 heavy (non-hydrogen) atoms. The van der Waals surface area contributed by atoms with Gasteiger partial charge in [0, 0.05) is 23.8 Å². The van der Waals surface area contributed by atoms with Gasteiger partial charge in [0.05, 0.1) is 0 Å². The summed E-state index contributed by atoms with van der Waals surface area (Å²) >= 11 is 9.47. The molecule has 0 aromatic heterocycles. The molecule has 2 aliphatic rings. The number of halogens is 1. The van der Waals surface area contributed by atoms with Crippen molar-refractivity contribution in [3.05, 3.63) is 108 Å². The second-order valence-corrected chi connectivity index (χ2v) is 9.18. The van der Waals surface area contributed by atoms with E-state index in [0.29, 0.717) is 17.4 Å². The summed E-state index contributed by atoms with van der Waals surface area (Å²) in [4.78, 5) is 11.8. The molecule has 3 nitrogen and oxygen atoms in total. The van der Waals surface area contributed by atoms with Crippen molar-refractivity contribution in [1.29, 1.82) is 0 Å². The summed E-state index contributed by atoms with van der Waals surface area (Å²) in [5.41, 5.74) is 3.04. The minimum absolute atomic E-state index is 0.164. The van der Waals surface area contributed by atoms with Crippen LogP contribution >= 0.6 is 24.2 Å². The maximum atomic E-state index is 11.8. The molecule has 0 bridgehead atoms. The molecule has 1 aliphatic heterocycles. The highest BCUT2D eigenvalue weighted by molar-refractivity contribution is 7.79. The molecule has 1 spiro atoms. The van der Waals surface area contributed by atoms with Gasteiger partial charge in [0.1, 0.15) is 18.5 Å². The van der Waals surface area contributed by atoms with E-state index in [-0.39, 0.29) is 18.1 Å². The van der Waals surface area contributed by atoms with E-state index in [1.165, 1.54) is 0 Å². The summed E-state index contributed by atoms with van der Waals surface area (Å²) in [5, 5.41) is 0.397. The standard InChI is InChI=1S/C28H29ClO3.C2H6.CH4S/c1-3-22(16-20(2)29)25(19-30)17-21-14-15-28(18-21)31-26(23-10-6-4-7-11-23)27(32-28)24-12-8-5-9-13-24;2*1-2/h3-13,16,19,21,25-27H,1-2,14-15,17-18H2;1-2H3;2H,1H3/b22-16+;;/t21-,25?,26-,27-;;/m1../s1. The number of rotatable bonds is 8. The lowest BCUT2D eigenvalue weighted by atomic mass is 9.88. The average molecular weight is 527 g/mol.